The lowest BCUT2D eigenvalue weighted by Gasteiger charge is -2.34. The van der Waals surface area contributed by atoms with Gasteiger partial charge in [-0.05, 0) is 74.8 Å². The van der Waals surface area contributed by atoms with Crippen molar-refractivity contribution in [2.75, 3.05) is 13.1 Å². The molecule has 2 aromatic heterocycles. The quantitative estimate of drug-likeness (QED) is 0.545. The lowest BCUT2D eigenvalue weighted by atomic mass is 9.81. The minimum Gasteiger partial charge on any atom is -0.342 e. The number of likely N-dealkylation sites (tertiary alicyclic amines) is 1. The molecule has 2 fully saturated rings. The van der Waals surface area contributed by atoms with Crippen molar-refractivity contribution in [3.63, 3.8) is 0 Å². The van der Waals surface area contributed by atoms with E-state index in [0.717, 1.165) is 57.2 Å². The molecule has 1 aliphatic carbocycles. The Hall–Kier alpha value is -2.67. The molecule has 0 N–H and O–H groups in total. The minimum atomic E-state index is -0.233. The number of aromatic nitrogens is 2. The SMILES string of the molecule is Cc1ccc(Cn2c(=O)n(CC3CCC(C(=O)N4CCCCC4)CC3)c(=O)c3sccc32)cc1. The molecule has 0 radical (unpaired) electrons. The molecule has 1 saturated carbocycles. The molecule has 0 unspecified atom stereocenters. The fraction of sp³-hybridized carbons (Fsp3) is 0.519. The number of benzene rings is 1. The molecule has 34 heavy (non-hydrogen) atoms. The van der Waals surface area contributed by atoms with Gasteiger partial charge in [0.2, 0.25) is 5.91 Å². The number of hydrogen-bond donors (Lipinski definition) is 0. The predicted octanol–water partition coefficient (Wildman–Crippen LogP) is 4.40. The lowest BCUT2D eigenvalue weighted by Crippen LogP contribution is -2.43. The number of carbonyl (C=O) groups is 1. The van der Waals surface area contributed by atoms with Crippen molar-refractivity contribution < 1.29 is 4.79 Å². The van der Waals surface area contributed by atoms with Gasteiger partial charge in [0.25, 0.3) is 5.56 Å². The van der Waals surface area contributed by atoms with E-state index in [4.69, 9.17) is 0 Å². The van der Waals surface area contributed by atoms with E-state index in [1.165, 1.54) is 27.9 Å². The summed E-state index contributed by atoms with van der Waals surface area (Å²) in [6.45, 7) is 4.72. The maximum atomic E-state index is 13.5. The average Bonchev–Trinajstić information content (AvgIpc) is 3.36. The molecule has 6 nitrogen and oxygen atoms in total. The van der Waals surface area contributed by atoms with Crippen molar-refractivity contribution in [2.45, 2.75) is 65.0 Å². The molecule has 0 spiro atoms. The van der Waals surface area contributed by atoms with Gasteiger partial charge < -0.3 is 4.90 Å². The molecule has 3 aromatic rings. The van der Waals surface area contributed by atoms with Gasteiger partial charge in [0.15, 0.2) is 0 Å². The number of aryl methyl sites for hydroxylation is 1. The highest BCUT2D eigenvalue weighted by molar-refractivity contribution is 7.17. The molecular weight excluding hydrogens is 446 g/mol. The topological polar surface area (TPSA) is 64.3 Å². The molecule has 0 bridgehead atoms. The van der Waals surface area contributed by atoms with Crippen molar-refractivity contribution in [3.8, 4) is 0 Å². The zero-order chi connectivity index (χ0) is 23.7. The summed E-state index contributed by atoms with van der Waals surface area (Å²) >= 11 is 1.40. The Labute approximate surface area is 203 Å². The van der Waals surface area contributed by atoms with Crippen LogP contribution in [0.2, 0.25) is 0 Å². The molecule has 3 heterocycles. The minimum absolute atomic E-state index is 0.101. The van der Waals surface area contributed by atoms with Crippen LogP contribution in [0.3, 0.4) is 0 Å². The molecule has 2 aliphatic rings. The monoisotopic (exact) mass is 479 g/mol. The highest BCUT2D eigenvalue weighted by atomic mass is 32.1. The van der Waals surface area contributed by atoms with E-state index in [1.807, 2.05) is 47.5 Å². The highest BCUT2D eigenvalue weighted by Gasteiger charge is 2.30. The lowest BCUT2D eigenvalue weighted by molar-refractivity contribution is -0.137. The first kappa shape index (κ1) is 23.1. The maximum absolute atomic E-state index is 13.5. The number of rotatable bonds is 5. The third-order valence-corrected chi connectivity index (χ3v) is 8.49. The van der Waals surface area contributed by atoms with Crippen LogP contribution in [-0.2, 0) is 17.9 Å². The molecule has 1 saturated heterocycles. The van der Waals surface area contributed by atoms with Crippen LogP contribution in [-0.4, -0.2) is 33.0 Å². The summed E-state index contributed by atoms with van der Waals surface area (Å²) in [5.41, 5.74) is 2.52. The molecule has 0 atom stereocenters. The maximum Gasteiger partial charge on any atom is 0.331 e. The highest BCUT2D eigenvalue weighted by Crippen LogP contribution is 2.31. The molecule has 1 aliphatic heterocycles. The van der Waals surface area contributed by atoms with Crippen LogP contribution in [0.25, 0.3) is 10.2 Å². The van der Waals surface area contributed by atoms with E-state index in [2.05, 4.69) is 0 Å². The number of amides is 1. The van der Waals surface area contributed by atoms with Crippen molar-refractivity contribution in [1.29, 1.82) is 0 Å². The summed E-state index contributed by atoms with van der Waals surface area (Å²) in [5, 5.41) is 1.89. The largest absolute Gasteiger partial charge is 0.342 e. The van der Waals surface area contributed by atoms with E-state index in [1.54, 1.807) is 4.57 Å². The van der Waals surface area contributed by atoms with E-state index in [-0.39, 0.29) is 23.1 Å². The van der Waals surface area contributed by atoms with Crippen LogP contribution in [0.15, 0.2) is 45.3 Å². The number of nitrogens with zero attached hydrogens (tertiary/aromatic N) is 3. The number of hydrogen-bond acceptors (Lipinski definition) is 4. The summed E-state index contributed by atoms with van der Waals surface area (Å²) in [5.74, 6) is 0.667. The summed E-state index contributed by atoms with van der Waals surface area (Å²) in [6, 6.07) is 10.0. The number of fused-ring (bicyclic) bond motifs is 1. The zero-order valence-corrected chi connectivity index (χ0v) is 20.7. The molecular formula is C27H33N3O3S. The van der Waals surface area contributed by atoms with Crippen LogP contribution < -0.4 is 11.2 Å². The number of piperidine rings is 1. The Kier molecular flexibility index (Phi) is 6.73. The Morgan fingerprint density at radius 1 is 0.941 bits per heavy atom. The van der Waals surface area contributed by atoms with E-state index in [0.29, 0.717) is 29.2 Å². The smallest absolute Gasteiger partial charge is 0.331 e. The van der Waals surface area contributed by atoms with E-state index in [9.17, 15) is 14.4 Å². The first-order valence-corrected chi connectivity index (χ1v) is 13.4. The summed E-state index contributed by atoms with van der Waals surface area (Å²) < 4.78 is 3.83. The van der Waals surface area contributed by atoms with Crippen molar-refractivity contribution >= 4 is 27.5 Å². The van der Waals surface area contributed by atoms with Gasteiger partial charge in [0.1, 0.15) is 4.70 Å². The van der Waals surface area contributed by atoms with Gasteiger partial charge in [0, 0.05) is 25.6 Å². The summed E-state index contributed by atoms with van der Waals surface area (Å²) in [7, 11) is 0. The first-order valence-electron chi connectivity index (χ1n) is 12.6. The standard InChI is InChI=1S/C27H33N3O3S/c1-19-5-7-20(8-6-19)17-29-23-13-16-34-24(23)26(32)30(27(29)33)18-21-9-11-22(12-10-21)25(31)28-14-3-2-4-15-28/h5-8,13,16,21-22H,2-4,9-12,14-15,17-18H2,1H3. The molecule has 7 heteroatoms. The second-order valence-corrected chi connectivity index (χ2v) is 10.9. The van der Waals surface area contributed by atoms with Crippen LogP contribution in [0, 0.1) is 18.8 Å². The Morgan fingerprint density at radius 3 is 2.35 bits per heavy atom. The first-order chi connectivity index (χ1) is 16.5. The van der Waals surface area contributed by atoms with Gasteiger partial charge in [-0.1, -0.05) is 29.8 Å². The van der Waals surface area contributed by atoms with Crippen LogP contribution >= 0.6 is 11.3 Å². The molecule has 1 aromatic carbocycles. The van der Waals surface area contributed by atoms with Crippen LogP contribution in [0.5, 0.6) is 0 Å². The van der Waals surface area contributed by atoms with Crippen molar-refractivity contribution in [1.82, 2.24) is 14.0 Å². The number of carbonyl (C=O) groups excluding carboxylic acids is 1. The summed E-state index contributed by atoms with van der Waals surface area (Å²) in [4.78, 5) is 41.7. The molecule has 180 valence electrons. The van der Waals surface area contributed by atoms with Crippen LogP contribution in [0.4, 0.5) is 0 Å². The summed E-state index contributed by atoms with van der Waals surface area (Å²) in [6.07, 6.45) is 6.93. The Balaban J connectivity index is 1.34. The third kappa shape index (κ3) is 4.63. The Morgan fingerprint density at radius 2 is 1.65 bits per heavy atom. The van der Waals surface area contributed by atoms with E-state index < -0.39 is 0 Å². The predicted molar refractivity (Wildman–Crippen MR) is 137 cm³/mol. The van der Waals surface area contributed by atoms with E-state index >= 15 is 0 Å². The fourth-order valence-corrected chi connectivity index (χ4v) is 6.39. The Bertz CT molecular complexity index is 1270. The normalized spacial score (nSPS) is 21.1. The van der Waals surface area contributed by atoms with Gasteiger partial charge in [-0.15, -0.1) is 11.3 Å². The molecule has 1 amide bonds. The second kappa shape index (κ2) is 9.90. The van der Waals surface area contributed by atoms with Crippen LogP contribution in [0.1, 0.15) is 56.1 Å². The van der Waals surface area contributed by atoms with Gasteiger partial charge in [-0.2, -0.15) is 0 Å². The van der Waals surface area contributed by atoms with Gasteiger partial charge in [-0.3, -0.25) is 18.7 Å². The fourth-order valence-electron chi connectivity index (χ4n) is 5.55. The third-order valence-electron chi connectivity index (χ3n) is 7.60. The molecule has 5 rings (SSSR count). The average molecular weight is 480 g/mol. The van der Waals surface area contributed by atoms with Gasteiger partial charge in [0.05, 0.1) is 12.1 Å². The second-order valence-electron chi connectivity index (χ2n) is 10.0. The zero-order valence-electron chi connectivity index (χ0n) is 19.9. The van der Waals surface area contributed by atoms with Gasteiger partial charge >= 0.3 is 5.69 Å². The number of thiophene rings is 1. The van der Waals surface area contributed by atoms with Crippen molar-refractivity contribution in [3.05, 3.63) is 67.7 Å². The van der Waals surface area contributed by atoms with Gasteiger partial charge in [-0.25, -0.2) is 4.79 Å². The van der Waals surface area contributed by atoms with Crippen molar-refractivity contribution in [2.24, 2.45) is 11.8 Å².